The van der Waals surface area contributed by atoms with E-state index in [1.165, 1.54) is 15.3 Å². The first-order valence-corrected chi connectivity index (χ1v) is 14.5. The van der Waals surface area contributed by atoms with Gasteiger partial charge in [0.25, 0.3) is 11.8 Å². The Kier molecular flexibility index (Phi) is 8.34. The maximum absolute atomic E-state index is 13.3. The van der Waals surface area contributed by atoms with E-state index < -0.39 is 16.1 Å². The van der Waals surface area contributed by atoms with Gasteiger partial charge in [0.2, 0.25) is 10.0 Å². The van der Waals surface area contributed by atoms with Crippen LogP contribution >= 0.6 is 0 Å². The van der Waals surface area contributed by atoms with E-state index in [0.29, 0.717) is 55.6 Å². The van der Waals surface area contributed by atoms with Crippen LogP contribution in [0.2, 0.25) is 0 Å². The predicted molar refractivity (Wildman–Crippen MR) is 148 cm³/mol. The number of hydrogen-bond acceptors (Lipinski definition) is 7. The van der Waals surface area contributed by atoms with E-state index in [1.54, 1.807) is 43.3 Å². The number of nitrogens with zero attached hydrogens (tertiary/aromatic N) is 2. The van der Waals surface area contributed by atoms with Crippen molar-refractivity contribution in [3.05, 3.63) is 83.9 Å². The first-order chi connectivity index (χ1) is 19.3. The Morgan fingerprint density at radius 1 is 1.00 bits per heavy atom. The molecule has 10 nitrogen and oxygen atoms in total. The van der Waals surface area contributed by atoms with Crippen LogP contribution in [0.1, 0.15) is 11.1 Å². The second kappa shape index (κ2) is 12.1. The molecule has 1 N–H and O–H groups in total. The molecule has 0 unspecified atom stereocenters. The van der Waals surface area contributed by atoms with Crippen molar-refractivity contribution >= 4 is 27.5 Å². The van der Waals surface area contributed by atoms with Gasteiger partial charge in [-0.05, 0) is 48.4 Å². The van der Waals surface area contributed by atoms with Crippen LogP contribution in [0.4, 0.5) is 5.69 Å². The minimum atomic E-state index is -3.65. The Hall–Kier alpha value is -3.93. The molecule has 210 valence electrons. The summed E-state index contributed by atoms with van der Waals surface area (Å²) in [6, 6.07) is 21.1. The highest BCUT2D eigenvalue weighted by Gasteiger charge is 2.34. The van der Waals surface area contributed by atoms with Gasteiger partial charge in [-0.1, -0.05) is 42.5 Å². The van der Waals surface area contributed by atoms with E-state index >= 15 is 0 Å². The zero-order valence-corrected chi connectivity index (χ0v) is 22.9. The van der Waals surface area contributed by atoms with Crippen LogP contribution in [0, 0.1) is 6.92 Å². The number of sulfonamides is 1. The standard InChI is InChI=1S/C29H31N3O7S/c1-21-17-23(40(35,36)31-13-15-37-16-14-31)11-12-25(21)38-20-28(33)32-19-27(39-26-10-6-5-9-24(26)32)29(34)30-18-22-7-3-2-4-8-22/h2-12,17,27H,13-16,18-20H2,1H3,(H,30,34)/t27-/m1/s1. The van der Waals surface area contributed by atoms with Gasteiger partial charge in [-0.15, -0.1) is 0 Å². The van der Waals surface area contributed by atoms with E-state index in [4.69, 9.17) is 14.2 Å². The van der Waals surface area contributed by atoms with Crippen molar-refractivity contribution in [1.29, 1.82) is 0 Å². The fourth-order valence-corrected chi connectivity index (χ4v) is 6.10. The summed E-state index contributed by atoms with van der Waals surface area (Å²) in [6.07, 6.45) is -0.894. The Bertz CT molecular complexity index is 1470. The van der Waals surface area contributed by atoms with Gasteiger partial charge in [-0.25, -0.2) is 8.42 Å². The number of anilines is 1. The average Bonchev–Trinajstić information content (AvgIpc) is 2.99. The average molecular weight is 566 g/mol. The summed E-state index contributed by atoms with van der Waals surface area (Å²) >= 11 is 0. The molecule has 3 aromatic rings. The van der Waals surface area contributed by atoms with E-state index in [9.17, 15) is 18.0 Å². The van der Waals surface area contributed by atoms with Crippen LogP contribution in [-0.2, 0) is 30.9 Å². The summed E-state index contributed by atoms with van der Waals surface area (Å²) in [4.78, 5) is 27.9. The molecule has 0 bridgehead atoms. The number of benzene rings is 3. The highest BCUT2D eigenvalue weighted by atomic mass is 32.2. The predicted octanol–water partition coefficient (Wildman–Crippen LogP) is 2.51. The van der Waals surface area contributed by atoms with Crippen molar-refractivity contribution in [1.82, 2.24) is 9.62 Å². The Balaban J connectivity index is 1.25. The fourth-order valence-electron chi connectivity index (χ4n) is 4.60. The minimum Gasteiger partial charge on any atom is -0.483 e. The maximum Gasteiger partial charge on any atom is 0.265 e. The number of morpholine rings is 1. The highest BCUT2D eigenvalue weighted by Crippen LogP contribution is 2.33. The number of rotatable bonds is 8. The molecule has 2 aliphatic heterocycles. The molecule has 3 aromatic carbocycles. The molecule has 0 saturated carbocycles. The molecule has 0 spiro atoms. The number of nitrogens with one attached hydrogen (secondary N) is 1. The Morgan fingerprint density at radius 3 is 2.48 bits per heavy atom. The second-order valence-electron chi connectivity index (χ2n) is 9.51. The molecule has 2 aliphatic rings. The van der Waals surface area contributed by atoms with Crippen molar-refractivity contribution in [2.24, 2.45) is 0 Å². The Labute approximate surface area is 233 Å². The van der Waals surface area contributed by atoms with Gasteiger partial charge >= 0.3 is 0 Å². The summed E-state index contributed by atoms with van der Waals surface area (Å²) in [7, 11) is -3.65. The molecule has 2 amide bonds. The van der Waals surface area contributed by atoms with Gasteiger partial charge in [0.15, 0.2) is 12.7 Å². The molecule has 1 saturated heterocycles. The summed E-state index contributed by atoms with van der Waals surface area (Å²) in [6.45, 7) is 3.13. The van der Waals surface area contributed by atoms with Crippen molar-refractivity contribution < 1.29 is 32.2 Å². The molecular formula is C29H31N3O7S. The van der Waals surface area contributed by atoms with Crippen LogP contribution < -0.4 is 19.7 Å². The van der Waals surface area contributed by atoms with Crippen molar-refractivity contribution in [3.8, 4) is 11.5 Å². The molecule has 5 rings (SSSR count). The van der Waals surface area contributed by atoms with Crippen LogP contribution in [0.5, 0.6) is 11.5 Å². The summed E-state index contributed by atoms with van der Waals surface area (Å²) in [5.41, 5.74) is 2.09. The van der Waals surface area contributed by atoms with E-state index in [0.717, 1.165) is 5.56 Å². The number of ether oxygens (including phenoxy) is 3. The minimum absolute atomic E-state index is 0.0234. The third-order valence-electron chi connectivity index (χ3n) is 6.78. The van der Waals surface area contributed by atoms with Crippen LogP contribution in [0.3, 0.4) is 0 Å². The van der Waals surface area contributed by atoms with Crippen molar-refractivity contribution in [2.75, 3.05) is 44.4 Å². The van der Waals surface area contributed by atoms with E-state index in [1.807, 2.05) is 30.3 Å². The molecule has 1 atom stereocenters. The molecule has 40 heavy (non-hydrogen) atoms. The number of hydrogen-bond donors (Lipinski definition) is 1. The molecule has 2 heterocycles. The van der Waals surface area contributed by atoms with Gasteiger partial charge in [0, 0.05) is 19.6 Å². The maximum atomic E-state index is 13.3. The third kappa shape index (κ3) is 6.11. The lowest BCUT2D eigenvalue weighted by Gasteiger charge is -2.34. The van der Waals surface area contributed by atoms with Crippen LogP contribution in [0.15, 0.2) is 77.7 Å². The monoisotopic (exact) mass is 565 g/mol. The Morgan fingerprint density at radius 2 is 1.73 bits per heavy atom. The van der Waals surface area contributed by atoms with Gasteiger partial charge in [0.1, 0.15) is 11.5 Å². The lowest BCUT2D eigenvalue weighted by Crippen LogP contribution is -2.51. The zero-order chi connectivity index (χ0) is 28.1. The molecule has 1 fully saturated rings. The fraction of sp³-hybridized carbons (Fsp3) is 0.310. The van der Waals surface area contributed by atoms with Crippen LogP contribution in [0.25, 0.3) is 0 Å². The number of aryl methyl sites for hydroxylation is 1. The molecular weight excluding hydrogens is 534 g/mol. The van der Waals surface area contributed by atoms with Crippen molar-refractivity contribution in [3.63, 3.8) is 0 Å². The number of para-hydroxylation sites is 2. The summed E-state index contributed by atoms with van der Waals surface area (Å²) < 4.78 is 44.4. The smallest absolute Gasteiger partial charge is 0.265 e. The van der Waals surface area contributed by atoms with Gasteiger partial charge < -0.3 is 24.4 Å². The normalized spacial score (nSPS) is 17.4. The first-order valence-electron chi connectivity index (χ1n) is 13.0. The highest BCUT2D eigenvalue weighted by molar-refractivity contribution is 7.89. The van der Waals surface area contributed by atoms with E-state index in [-0.39, 0.29) is 29.9 Å². The van der Waals surface area contributed by atoms with Crippen LogP contribution in [-0.4, -0.2) is 70.1 Å². The molecule has 11 heteroatoms. The number of amides is 2. The van der Waals surface area contributed by atoms with Crippen molar-refractivity contribution in [2.45, 2.75) is 24.5 Å². The lowest BCUT2D eigenvalue weighted by molar-refractivity contribution is -0.128. The number of fused-ring (bicyclic) bond motifs is 1. The first kappa shape index (κ1) is 27.6. The topological polar surface area (TPSA) is 114 Å². The zero-order valence-electron chi connectivity index (χ0n) is 22.1. The SMILES string of the molecule is Cc1cc(S(=O)(=O)N2CCOCC2)ccc1OCC(=O)N1C[C@H](C(=O)NCc2ccccc2)Oc2ccccc21. The largest absolute Gasteiger partial charge is 0.483 e. The van der Waals surface area contributed by atoms with Gasteiger partial charge in [-0.3, -0.25) is 9.59 Å². The molecule has 0 aliphatic carbocycles. The third-order valence-corrected chi connectivity index (χ3v) is 8.68. The number of carbonyl (C=O) groups excluding carboxylic acids is 2. The summed E-state index contributed by atoms with van der Waals surface area (Å²) in [5, 5.41) is 2.87. The summed E-state index contributed by atoms with van der Waals surface area (Å²) in [5.74, 6) is 0.134. The lowest BCUT2D eigenvalue weighted by atomic mass is 10.1. The van der Waals surface area contributed by atoms with Gasteiger partial charge in [0.05, 0.1) is 30.3 Å². The molecule has 0 radical (unpaired) electrons. The quantitative estimate of drug-likeness (QED) is 0.446. The molecule has 0 aromatic heterocycles. The van der Waals surface area contributed by atoms with E-state index in [2.05, 4.69) is 5.32 Å². The second-order valence-corrected chi connectivity index (χ2v) is 11.5. The number of carbonyl (C=O) groups is 2. The van der Waals surface area contributed by atoms with Gasteiger partial charge in [-0.2, -0.15) is 4.31 Å².